The van der Waals surface area contributed by atoms with E-state index in [0.717, 1.165) is 0 Å². The van der Waals surface area contributed by atoms with Crippen LogP contribution in [0, 0.1) is 23.7 Å². The largest absolute Gasteiger partial charge is 0.447 e. The van der Waals surface area contributed by atoms with Gasteiger partial charge < -0.3 is 4.74 Å². The highest BCUT2D eigenvalue weighted by molar-refractivity contribution is 5.19. The Hall–Kier alpha value is -2.07. The second-order valence-electron chi connectivity index (χ2n) is 2.26. The van der Waals surface area contributed by atoms with Crippen LogP contribution in [-0.2, 0) is 0 Å². The maximum absolute atomic E-state index is 8.52. The average Bonchev–Trinajstić information content (AvgIpc) is 2.18. The molecule has 1 atom stereocenters. The summed E-state index contributed by atoms with van der Waals surface area (Å²) >= 11 is 0. The fraction of sp³-hybridized carbons (Fsp3) is 0.222. The molecule has 0 fully saturated rings. The van der Waals surface area contributed by atoms with Crippen LogP contribution in [-0.4, -0.2) is 16.1 Å². The van der Waals surface area contributed by atoms with Crippen molar-refractivity contribution >= 4 is 0 Å². The molecular weight excluding hydrogens is 166 g/mol. The molecule has 0 radical (unpaired) electrons. The minimum Gasteiger partial charge on any atom is -0.447 e. The van der Waals surface area contributed by atoms with E-state index in [4.69, 9.17) is 16.4 Å². The normalized spacial score (nSPS) is 11.0. The van der Waals surface area contributed by atoms with Crippen molar-refractivity contribution in [1.29, 1.82) is 5.26 Å². The van der Waals surface area contributed by atoms with Crippen LogP contribution in [0.1, 0.15) is 12.6 Å². The van der Waals surface area contributed by atoms with Gasteiger partial charge in [-0.3, -0.25) is 0 Å². The van der Waals surface area contributed by atoms with Gasteiger partial charge in [0.2, 0.25) is 0 Å². The monoisotopic (exact) mass is 173 g/mol. The third-order valence-corrected chi connectivity index (χ3v) is 1.26. The zero-order valence-electron chi connectivity index (χ0n) is 7.06. The molecule has 64 valence electrons. The Morgan fingerprint density at radius 2 is 2.46 bits per heavy atom. The van der Waals surface area contributed by atoms with Crippen molar-refractivity contribution in [1.82, 2.24) is 9.97 Å². The van der Waals surface area contributed by atoms with Gasteiger partial charge in [-0.2, -0.15) is 10.2 Å². The zero-order valence-corrected chi connectivity index (χ0v) is 7.06. The lowest BCUT2D eigenvalue weighted by Gasteiger charge is -2.05. The number of rotatable bonds is 2. The van der Waals surface area contributed by atoms with E-state index in [1.807, 2.05) is 6.07 Å². The molecule has 0 bridgehead atoms. The second-order valence-corrected chi connectivity index (χ2v) is 2.26. The predicted octanol–water partition coefficient (Wildman–Crippen LogP) is 0.749. The Labute approximate surface area is 76.2 Å². The summed E-state index contributed by atoms with van der Waals surface area (Å²) in [6.45, 7) is 1.70. The van der Waals surface area contributed by atoms with Crippen LogP contribution in [0.25, 0.3) is 0 Å². The maximum atomic E-state index is 8.52. The van der Waals surface area contributed by atoms with Crippen molar-refractivity contribution in [3.63, 3.8) is 0 Å². The number of nitriles is 1. The van der Waals surface area contributed by atoms with Gasteiger partial charge in [-0.25, -0.2) is 4.98 Å². The number of terminal acetylenes is 1. The van der Waals surface area contributed by atoms with Crippen LogP contribution < -0.4 is 4.74 Å². The first kappa shape index (κ1) is 9.02. The summed E-state index contributed by atoms with van der Waals surface area (Å²) in [5.41, 5.74) is 0.259. The van der Waals surface area contributed by atoms with E-state index >= 15 is 0 Å². The molecule has 1 heterocycles. The van der Waals surface area contributed by atoms with Crippen molar-refractivity contribution < 1.29 is 4.74 Å². The lowest BCUT2D eigenvalue weighted by Crippen LogP contribution is -2.10. The number of ether oxygens (including phenoxy) is 1. The number of hydrogen-bond acceptors (Lipinski definition) is 4. The van der Waals surface area contributed by atoms with Crippen molar-refractivity contribution in [3.8, 4) is 24.4 Å². The van der Waals surface area contributed by atoms with Crippen molar-refractivity contribution in [2.75, 3.05) is 0 Å². The summed E-state index contributed by atoms with van der Waals surface area (Å²) in [4.78, 5) is 7.58. The zero-order chi connectivity index (χ0) is 9.68. The molecule has 1 aromatic heterocycles. The van der Waals surface area contributed by atoms with Crippen LogP contribution in [0.5, 0.6) is 6.01 Å². The first-order chi connectivity index (χ1) is 6.26. The molecule has 4 nitrogen and oxygen atoms in total. The molecule has 0 amide bonds. The minimum atomic E-state index is -0.394. The predicted molar refractivity (Wildman–Crippen MR) is 45.7 cm³/mol. The number of hydrogen-bond donors (Lipinski definition) is 0. The van der Waals surface area contributed by atoms with Crippen LogP contribution in [0.4, 0.5) is 0 Å². The molecule has 1 aromatic rings. The summed E-state index contributed by atoms with van der Waals surface area (Å²) < 4.78 is 5.10. The number of nitrogens with zero attached hydrogens (tertiary/aromatic N) is 3. The molecule has 0 saturated heterocycles. The van der Waals surface area contributed by atoms with Gasteiger partial charge in [-0.05, 0) is 13.0 Å². The molecule has 0 aliphatic carbocycles. The highest BCUT2D eigenvalue weighted by Crippen LogP contribution is 2.03. The molecule has 0 aromatic carbocycles. The van der Waals surface area contributed by atoms with Gasteiger partial charge >= 0.3 is 6.01 Å². The van der Waals surface area contributed by atoms with E-state index in [9.17, 15) is 0 Å². The van der Waals surface area contributed by atoms with E-state index in [1.54, 1.807) is 6.92 Å². The van der Waals surface area contributed by atoms with Gasteiger partial charge in [0.15, 0.2) is 6.10 Å². The van der Waals surface area contributed by atoms with Gasteiger partial charge in [0, 0.05) is 6.20 Å². The van der Waals surface area contributed by atoms with Gasteiger partial charge in [-0.15, -0.1) is 6.42 Å². The molecular formula is C9H7N3O. The van der Waals surface area contributed by atoms with Crippen molar-refractivity contribution in [3.05, 3.63) is 18.0 Å². The first-order valence-electron chi connectivity index (χ1n) is 3.62. The topological polar surface area (TPSA) is 58.8 Å². The van der Waals surface area contributed by atoms with E-state index in [2.05, 4.69) is 15.9 Å². The molecule has 0 saturated carbocycles. The molecule has 0 N–H and O–H groups in total. The van der Waals surface area contributed by atoms with Crippen LogP contribution >= 0.6 is 0 Å². The number of aromatic nitrogens is 2. The molecule has 0 aliphatic rings. The Morgan fingerprint density at radius 1 is 1.69 bits per heavy atom. The van der Waals surface area contributed by atoms with E-state index in [1.165, 1.54) is 12.3 Å². The summed E-state index contributed by atoms with van der Waals surface area (Å²) in [6, 6.07) is 3.50. The highest BCUT2D eigenvalue weighted by atomic mass is 16.5. The molecule has 0 aliphatic heterocycles. The SMILES string of the molecule is C#CC(C)Oc1nccc(C#N)n1. The first-order valence-corrected chi connectivity index (χ1v) is 3.62. The molecule has 1 unspecified atom stereocenters. The summed E-state index contributed by atoms with van der Waals surface area (Å²) in [6.07, 6.45) is 6.15. The fourth-order valence-corrected chi connectivity index (χ4v) is 0.652. The lowest BCUT2D eigenvalue weighted by atomic mass is 10.4. The molecule has 0 spiro atoms. The summed E-state index contributed by atoms with van der Waals surface area (Å²) in [7, 11) is 0. The van der Waals surface area contributed by atoms with E-state index < -0.39 is 6.10 Å². The van der Waals surface area contributed by atoms with Gasteiger partial charge in [-0.1, -0.05) is 5.92 Å². The fourth-order valence-electron chi connectivity index (χ4n) is 0.652. The Balaban J connectivity index is 2.80. The Bertz CT molecular complexity index is 375. The molecule has 1 rings (SSSR count). The van der Waals surface area contributed by atoms with E-state index in [0.29, 0.717) is 0 Å². The Kier molecular flexibility index (Phi) is 2.83. The van der Waals surface area contributed by atoms with Crippen LogP contribution in [0.3, 0.4) is 0 Å². The van der Waals surface area contributed by atoms with Crippen LogP contribution in [0.15, 0.2) is 12.3 Å². The lowest BCUT2D eigenvalue weighted by molar-refractivity contribution is 0.255. The molecule has 13 heavy (non-hydrogen) atoms. The second kappa shape index (κ2) is 4.08. The van der Waals surface area contributed by atoms with Gasteiger partial charge in [0.05, 0.1) is 0 Å². The summed E-state index contributed by atoms with van der Waals surface area (Å²) in [5.74, 6) is 2.37. The third-order valence-electron chi connectivity index (χ3n) is 1.26. The molecule has 4 heteroatoms. The van der Waals surface area contributed by atoms with E-state index in [-0.39, 0.29) is 11.7 Å². The van der Waals surface area contributed by atoms with Crippen molar-refractivity contribution in [2.24, 2.45) is 0 Å². The quantitative estimate of drug-likeness (QED) is 0.619. The maximum Gasteiger partial charge on any atom is 0.318 e. The van der Waals surface area contributed by atoms with Crippen LogP contribution in [0.2, 0.25) is 0 Å². The van der Waals surface area contributed by atoms with Gasteiger partial charge in [0.1, 0.15) is 11.8 Å². The summed E-state index contributed by atoms with van der Waals surface area (Å²) in [5, 5.41) is 8.52. The third kappa shape index (κ3) is 2.46. The average molecular weight is 173 g/mol. The highest BCUT2D eigenvalue weighted by Gasteiger charge is 2.02. The van der Waals surface area contributed by atoms with Crippen molar-refractivity contribution in [2.45, 2.75) is 13.0 Å². The minimum absolute atomic E-state index is 0.129. The Morgan fingerprint density at radius 3 is 3.08 bits per heavy atom. The van der Waals surface area contributed by atoms with Gasteiger partial charge in [0.25, 0.3) is 0 Å². The smallest absolute Gasteiger partial charge is 0.318 e. The standard InChI is InChI=1S/C9H7N3O/c1-3-7(2)13-9-11-5-4-8(6-10)12-9/h1,4-5,7H,2H3.